The van der Waals surface area contributed by atoms with E-state index in [-0.39, 0.29) is 6.10 Å². The summed E-state index contributed by atoms with van der Waals surface area (Å²) in [6.45, 7) is 4.57. The van der Waals surface area contributed by atoms with Crippen molar-refractivity contribution in [3.05, 3.63) is 24.2 Å². The number of hydrogen-bond acceptors (Lipinski definition) is 7. The minimum Gasteiger partial charge on any atom is -0.472 e. The zero-order chi connectivity index (χ0) is 17.9. The van der Waals surface area contributed by atoms with Crippen LogP contribution in [-0.4, -0.2) is 43.9 Å². The quantitative estimate of drug-likeness (QED) is 0.642. The van der Waals surface area contributed by atoms with Gasteiger partial charge in [-0.3, -0.25) is 4.68 Å². The van der Waals surface area contributed by atoms with Crippen molar-refractivity contribution < 1.29 is 4.74 Å². The lowest BCUT2D eigenvalue weighted by atomic mass is 10.1. The Balaban J connectivity index is 1.69. The van der Waals surface area contributed by atoms with Crippen molar-refractivity contribution in [3.63, 3.8) is 0 Å². The van der Waals surface area contributed by atoms with Gasteiger partial charge in [-0.25, -0.2) is 0 Å². The summed E-state index contributed by atoms with van der Waals surface area (Å²) in [5.41, 5.74) is 1.84. The van der Waals surface area contributed by atoms with Crippen LogP contribution < -0.4 is 15.4 Å². The monoisotopic (exact) mass is 352 g/mol. The van der Waals surface area contributed by atoms with Crippen LogP contribution in [0.1, 0.15) is 25.3 Å². The van der Waals surface area contributed by atoms with Gasteiger partial charge in [0, 0.05) is 25.5 Å². The number of anilines is 2. The lowest BCUT2D eigenvalue weighted by molar-refractivity contribution is 0.163. The molecule has 9 heteroatoms. The first-order chi connectivity index (χ1) is 12.8. The zero-order valence-corrected chi connectivity index (χ0v) is 14.5. The summed E-state index contributed by atoms with van der Waals surface area (Å²) >= 11 is 0. The van der Waals surface area contributed by atoms with Gasteiger partial charge in [0.15, 0.2) is 0 Å². The number of nitriles is 1. The second kappa shape index (κ2) is 7.01. The maximum Gasteiger partial charge on any atom is 0.232 e. The molecule has 0 aliphatic carbocycles. The summed E-state index contributed by atoms with van der Waals surface area (Å²) in [6.07, 6.45) is 7.27. The fraction of sp³-hybridized carbons (Fsp3) is 0.412. The Kier molecular flexibility index (Phi) is 4.41. The molecule has 0 bridgehead atoms. The molecule has 3 aromatic rings. The van der Waals surface area contributed by atoms with Gasteiger partial charge in [-0.2, -0.15) is 20.3 Å². The van der Waals surface area contributed by atoms with E-state index in [0.29, 0.717) is 28.4 Å². The van der Waals surface area contributed by atoms with Crippen molar-refractivity contribution in [2.24, 2.45) is 0 Å². The highest BCUT2D eigenvalue weighted by atomic mass is 16.5. The van der Waals surface area contributed by atoms with E-state index in [0.717, 1.165) is 38.2 Å². The van der Waals surface area contributed by atoms with Crippen molar-refractivity contribution >= 4 is 22.7 Å². The number of aromatic amines is 1. The molecule has 0 aromatic carbocycles. The third-order valence-corrected chi connectivity index (χ3v) is 4.36. The Labute approximate surface area is 150 Å². The molecule has 1 aliphatic rings. The SMILES string of the molecule is CCn1cc(Nc2nc(O[C@@H]3CCCNC3)c3c(C#N)c[nH]c3n2)cn1. The maximum atomic E-state index is 9.37. The van der Waals surface area contributed by atoms with E-state index in [1.165, 1.54) is 0 Å². The molecule has 26 heavy (non-hydrogen) atoms. The molecule has 134 valence electrons. The Bertz CT molecular complexity index is 947. The van der Waals surface area contributed by atoms with Crippen LogP contribution in [0.2, 0.25) is 0 Å². The van der Waals surface area contributed by atoms with Crippen LogP contribution in [-0.2, 0) is 6.54 Å². The van der Waals surface area contributed by atoms with Gasteiger partial charge in [0.25, 0.3) is 0 Å². The smallest absolute Gasteiger partial charge is 0.232 e. The number of hydrogen-bond donors (Lipinski definition) is 3. The van der Waals surface area contributed by atoms with Gasteiger partial charge < -0.3 is 20.4 Å². The number of nitrogens with one attached hydrogen (secondary N) is 3. The number of rotatable bonds is 5. The van der Waals surface area contributed by atoms with E-state index in [1.54, 1.807) is 12.4 Å². The van der Waals surface area contributed by atoms with Gasteiger partial charge in [0.05, 0.1) is 22.8 Å². The van der Waals surface area contributed by atoms with Crippen molar-refractivity contribution in [3.8, 4) is 11.9 Å². The lowest BCUT2D eigenvalue weighted by Gasteiger charge is -2.23. The van der Waals surface area contributed by atoms with Crippen molar-refractivity contribution in [1.82, 2.24) is 30.0 Å². The van der Waals surface area contributed by atoms with Crippen LogP contribution >= 0.6 is 0 Å². The van der Waals surface area contributed by atoms with Crippen molar-refractivity contribution in [2.75, 3.05) is 18.4 Å². The van der Waals surface area contributed by atoms with Crippen LogP contribution in [0.15, 0.2) is 18.6 Å². The summed E-state index contributed by atoms with van der Waals surface area (Å²) in [6, 6.07) is 2.17. The number of aromatic nitrogens is 5. The van der Waals surface area contributed by atoms with Crippen molar-refractivity contribution in [2.45, 2.75) is 32.4 Å². The van der Waals surface area contributed by atoms with E-state index in [9.17, 15) is 5.26 Å². The minimum absolute atomic E-state index is 0.0268. The molecule has 1 fully saturated rings. The standard InChI is InChI=1S/C17H20N8O/c1-2-25-10-12(8-21-25)22-17-23-15-14(11(6-18)7-20-15)16(24-17)26-13-4-3-5-19-9-13/h7-8,10,13,19H,2-5,9H2,1H3,(H2,20,22,23,24)/t13-/m1/s1. The highest BCUT2D eigenvalue weighted by Crippen LogP contribution is 2.29. The molecule has 1 aliphatic heterocycles. The average Bonchev–Trinajstić information content (AvgIpc) is 3.29. The average molecular weight is 352 g/mol. The number of fused-ring (bicyclic) bond motifs is 1. The van der Waals surface area contributed by atoms with E-state index in [2.05, 4.69) is 36.8 Å². The molecule has 0 radical (unpaired) electrons. The van der Waals surface area contributed by atoms with Crippen LogP contribution in [0.4, 0.5) is 11.6 Å². The fourth-order valence-electron chi connectivity index (χ4n) is 3.04. The number of ether oxygens (including phenoxy) is 1. The number of aryl methyl sites for hydroxylation is 1. The second-order valence-corrected chi connectivity index (χ2v) is 6.19. The summed E-state index contributed by atoms with van der Waals surface area (Å²) < 4.78 is 7.94. The van der Waals surface area contributed by atoms with Gasteiger partial charge in [0.2, 0.25) is 11.8 Å². The molecule has 0 amide bonds. The number of H-pyrrole nitrogens is 1. The fourth-order valence-corrected chi connectivity index (χ4v) is 3.04. The Morgan fingerprint density at radius 1 is 1.46 bits per heavy atom. The molecule has 1 saturated heterocycles. The van der Waals surface area contributed by atoms with Crippen molar-refractivity contribution in [1.29, 1.82) is 5.26 Å². The summed E-state index contributed by atoms with van der Waals surface area (Å²) in [4.78, 5) is 12.0. The van der Waals surface area contributed by atoms with Crippen LogP contribution in [0.5, 0.6) is 5.88 Å². The Hall–Kier alpha value is -3.12. The second-order valence-electron chi connectivity index (χ2n) is 6.19. The van der Waals surface area contributed by atoms with Gasteiger partial charge in [-0.1, -0.05) is 0 Å². The van der Waals surface area contributed by atoms with E-state index >= 15 is 0 Å². The molecule has 9 nitrogen and oxygen atoms in total. The molecule has 0 unspecified atom stereocenters. The molecule has 4 rings (SSSR count). The summed E-state index contributed by atoms with van der Waals surface area (Å²) in [7, 11) is 0. The van der Waals surface area contributed by atoms with E-state index < -0.39 is 0 Å². The number of nitrogens with zero attached hydrogens (tertiary/aromatic N) is 5. The first-order valence-electron chi connectivity index (χ1n) is 8.73. The minimum atomic E-state index is 0.0268. The largest absolute Gasteiger partial charge is 0.472 e. The van der Waals surface area contributed by atoms with Gasteiger partial charge in [-0.15, -0.1) is 0 Å². The Morgan fingerprint density at radius 3 is 3.12 bits per heavy atom. The highest BCUT2D eigenvalue weighted by molar-refractivity contribution is 5.88. The maximum absolute atomic E-state index is 9.37. The third-order valence-electron chi connectivity index (χ3n) is 4.36. The molecular weight excluding hydrogens is 332 g/mol. The molecular formula is C17H20N8O. The molecule has 0 saturated carbocycles. The predicted octanol–water partition coefficient (Wildman–Crippen LogP) is 1.92. The normalized spacial score (nSPS) is 17.2. The lowest BCUT2D eigenvalue weighted by Crippen LogP contribution is -2.37. The topological polar surface area (TPSA) is 116 Å². The molecule has 3 aromatic heterocycles. The molecule has 3 N–H and O–H groups in total. The number of piperidine rings is 1. The van der Waals surface area contributed by atoms with Gasteiger partial charge >= 0.3 is 0 Å². The zero-order valence-electron chi connectivity index (χ0n) is 14.5. The highest BCUT2D eigenvalue weighted by Gasteiger charge is 2.20. The Morgan fingerprint density at radius 2 is 2.38 bits per heavy atom. The van der Waals surface area contributed by atoms with Gasteiger partial charge in [-0.05, 0) is 26.3 Å². The third kappa shape index (κ3) is 3.19. The molecule has 1 atom stereocenters. The predicted molar refractivity (Wildman–Crippen MR) is 96.3 cm³/mol. The van der Waals surface area contributed by atoms with E-state index in [1.807, 2.05) is 17.8 Å². The van der Waals surface area contributed by atoms with Crippen LogP contribution in [0.3, 0.4) is 0 Å². The summed E-state index contributed by atoms with van der Waals surface area (Å²) in [5, 5.41) is 20.7. The van der Waals surface area contributed by atoms with Crippen LogP contribution in [0.25, 0.3) is 11.0 Å². The molecule has 4 heterocycles. The first kappa shape index (κ1) is 16.4. The first-order valence-corrected chi connectivity index (χ1v) is 8.73. The summed E-state index contributed by atoms with van der Waals surface area (Å²) in [5.74, 6) is 0.824. The van der Waals surface area contributed by atoms with Gasteiger partial charge in [0.1, 0.15) is 17.8 Å². The van der Waals surface area contributed by atoms with Crippen LogP contribution in [0, 0.1) is 11.3 Å². The van der Waals surface area contributed by atoms with E-state index in [4.69, 9.17) is 4.74 Å². The molecule has 0 spiro atoms.